The Morgan fingerprint density at radius 2 is 1.60 bits per heavy atom. The number of para-hydroxylation sites is 1. The molecule has 3 amide bonds. The van der Waals surface area contributed by atoms with Gasteiger partial charge in [-0.15, -0.1) is 0 Å². The monoisotopic (exact) mass is 407 g/mol. The minimum Gasteiger partial charge on any atom is -0.352 e. The summed E-state index contributed by atoms with van der Waals surface area (Å²) >= 11 is 0. The standard InChI is InChI=1S/C24H29N3O3/c1-24(2,3)17-10-8-16(9-11-17)22(29)25-15-14-21(28)27-20-7-5-4-6-19(20)23(30)26-18-12-13-18/h4-11,18H,12-15H2,1-3H3,(H,25,29)(H,26,30)(H,27,28). The molecule has 0 heterocycles. The van der Waals surface area contributed by atoms with Crippen LogP contribution < -0.4 is 16.0 Å². The van der Waals surface area contributed by atoms with Crippen LogP contribution in [0.25, 0.3) is 0 Å². The van der Waals surface area contributed by atoms with Crippen LogP contribution in [0.15, 0.2) is 48.5 Å². The van der Waals surface area contributed by atoms with Crippen LogP contribution in [-0.4, -0.2) is 30.3 Å². The first-order chi connectivity index (χ1) is 14.2. The Morgan fingerprint density at radius 1 is 0.933 bits per heavy atom. The van der Waals surface area contributed by atoms with Crippen molar-refractivity contribution in [2.45, 2.75) is 51.5 Å². The quantitative estimate of drug-likeness (QED) is 0.655. The van der Waals surface area contributed by atoms with Crippen molar-refractivity contribution in [1.82, 2.24) is 10.6 Å². The number of amides is 3. The van der Waals surface area contributed by atoms with Gasteiger partial charge in [0.15, 0.2) is 0 Å². The van der Waals surface area contributed by atoms with Gasteiger partial charge >= 0.3 is 0 Å². The van der Waals surface area contributed by atoms with E-state index in [1.807, 2.05) is 12.1 Å². The van der Waals surface area contributed by atoms with E-state index in [0.29, 0.717) is 16.8 Å². The van der Waals surface area contributed by atoms with Gasteiger partial charge in [0, 0.05) is 24.6 Å². The van der Waals surface area contributed by atoms with Gasteiger partial charge in [-0.2, -0.15) is 0 Å². The molecular formula is C24H29N3O3. The summed E-state index contributed by atoms with van der Waals surface area (Å²) in [7, 11) is 0. The summed E-state index contributed by atoms with van der Waals surface area (Å²) in [5.41, 5.74) is 2.66. The molecule has 3 N–H and O–H groups in total. The molecule has 30 heavy (non-hydrogen) atoms. The van der Waals surface area contributed by atoms with Crippen molar-refractivity contribution in [3.8, 4) is 0 Å². The number of carbonyl (C=O) groups excluding carboxylic acids is 3. The van der Waals surface area contributed by atoms with E-state index >= 15 is 0 Å². The predicted octanol–water partition coefficient (Wildman–Crippen LogP) is 3.63. The molecule has 3 rings (SSSR count). The highest BCUT2D eigenvalue weighted by atomic mass is 16.2. The fraction of sp³-hybridized carbons (Fsp3) is 0.375. The maximum Gasteiger partial charge on any atom is 0.253 e. The van der Waals surface area contributed by atoms with Gasteiger partial charge < -0.3 is 16.0 Å². The van der Waals surface area contributed by atoms with Crippen LogP contribution in [0.3, 0.4) is 0 Å². The third-order valence-electron chi connectivity index (χ3n) is 5.01. The zero-order valence-corrected chi connectivity index (χ0v) is 17.7. The molecule has 6 nitrogen and oxygen atoms in total. The normalized spacial score (nSPS) is 13.4. The first kappa shape index (κ1) is 21.6. The molecule has 1 fully saturated rings. The molecule has 0 atom stereocenters. The van der Waals surface area contributed by atoms with E-state index in [0.717, 1.165) is 18.4 Å². The second-order valence-corrected chi connectivity index (χ2v) is 8.67. The number of hydrogen-bond acceptors (Lipinski definition) is 3. The largest absolute Gasteiger partial charge is 0.352 e. The summed E-state index contributed by atoms with van der Waals surface area (Å²) in [4.78, 5) is 36.9. The lowest BCUT2D eigenvalue weighted by Crippen LogP contribution is -2.29. The van der Waals surface area contributed by atoms with Crippen molar-refractivity contribution in [3.63, 3.8) is 0 Å². The summed E-state index contributed by atoms with van der Waals surface area (Å²) in [6, 6.07) is 14.7. The molecule has 0 saturated heterocycles. The van der Waals surface area contributed by atoms with E-state index in [-0.39, 0.29) is 42.1 Å². The molecule has 1 aliphatic carbocycles. The van der Waals surface area contributed by atoms with Gasteiger partial charge in [0.1, 0.15) is 0 Å². The van der Waals surface area contributed by atoms with Gasteiger partial charge in [-0.1, -0.05) is 45.0 Å². The number of hydrogen-bond donors (Lipinski definition) is 3. The molecule has 1 aliphatic rings. The van der Waals surface area contributed by atoms with Crippen molar-refractivity contribution < 1.29 is 14.4 Å². The molecule has 0 aliphatic heterocycles. The Morgan fingerprint density at radius 3 is 2.23 bits per heavy atom. The van der Waals surface area contributed by atoms with E-state index in [1.54, 1.807) is 36.4 Å². The molecule has 1 saturated carbocycles. The van der Waals surface area contributed by atoms with Crippen LogP contribution in [0.5, 0.6) is 0 Å². The zero-order valence-electron chi connectivity index (χ0n) is 17.7. The van der Waals surface area contributed by atoms with Gasteiger partial charge in [0.25, 0.3) is 11.8 Å². The average Bonchev–Trinajstić information content (AvgIpc) is 3.51. The van der Waals surface area contributed by atoms with Gasteiger partial charge in [0.2, 0.25) is 5.91 Å². The topological polar surface area (TPSA) is 87.3 Å². The fourth-order valence-corrected chi connectivity index (χ4v) is 3.01. The second-order valence-electron chi connectivity index (χ2n) is 8.67. The van der Waals surface area contributed by atoms with Crippen LogP contribution in [0.1, 0.15) is 66.3 Å². The third kappa shape index (κ3) is 5.92. The van der Waals surface area contributed by atoms with Gasteiger partial charge in [-0.25, -0.2) is 0 Å². The van der Waals surface area contributed by atoms with Gasteiger partial charge in [-0.05, 0) is 48.1 Å². The van der Waals surface area contributed by atoms with Crippen LogP contribution in [0.2, 0.25) is 0 Å². The summed E-state index contributed by atoms with van der Waals surface area (Å²) in [5.74, 6) is -0.655. The van der Waals surface area contributed by atoms with Crippen molar-refractivity contribution in [1.29, 1.82) is 0 Å². The van der Waals surface area contributed by atoms with E-state index in [4.69, 9.17) is 0 Å². The molecular weight excluding hydrogens is 378 g/mol. The van der Waals surface area contributed by atoms with Gasteiger partial charge in [0.05, 0.1) is 11.3 Å². The predicted molar refractivity (Wildman–Crippen MR) is 118 cm³/mol. The Hall–Kier alpha value is -3.15. The number of anilines is 1. The Kier molecular flexibility index (Phi) is 6.55. The second kappa shape index (κ2) is 9.11. The van der Waals surface area contributed by atoms with E-state index < -0.39 is 0 Å². The number of nitrogens with one attached hydrogen (secondary N) is 3. The smallest absolute Gasteiger partial charge is 0.253 e. The average molecular weight is 408 g/mol. The molecule has 0 spiro atoms. The molecule has 0 unspecified atom stereocenters. The highest BCUT2D eigenvalue weighted by Crippen LogP contribution is 2.23. The summed E-state index contributed by atoms with van der Waals surface area (Å²) in [6.45, 7) is 6.57. The van der Waals surface area contributed by atoms with Crippen molar-refractivity contribution in [2.24, 2.45) is 0 Å². The summed E-state index contributed by atoms with van der Waals surface area (Å²) < 4.78 is 0. The first-order valence-corrected chi connectivity index (χ1v) is 10.3. The lowest BCUT2D eigenvalue weighted by Gasteiger charge is -2.19. The van der Waals surface area contributed by atoms with E-state index in [9.17, 15) is 14.4 Å². The summed E-state index contributed by atoms with van der Waals surface area (Å²) in [6.07, 6.45) is 2.11. The Balaban J connectivity index is 1.49. The number of rotatable bonds is 7. The number of carbonyl (C=O) groups is 3. The molecule has 0 radical (unpaired) electrons. The minimum absolute atomic E-state index is 0.0267. The lowest BCUT2D eigenvalue weighted by atomic mass is 9.87. The lowest BCUT2D eigenvalue weighted by molar-refractivity contribution is -0.116. The van der Waals surface area contributed by atoms with Crippen LogP contribution >= 0.6 is 0 Å². The Bertz CT molecular complexity index is 925. The maximum atomic E-state index is 12.3. The summed E-state index contributed by atoms with van der Waals surface area (Å²) in [5, 5.41) is 8.46. The third-order valence-corrected chi connectivity index (χ3v) is 5.01. The SMILES string of the molecule is CC(C)(C)c1ccc(C(=O)NCCC(=O)Nc2ccccc2C(=O)NC2CC2)cc1. The molecule has 0 aromatic heterocycles. The van der Waals surface area contributed by atoms with E-state index in [1.165, 1.54) is 0 Å². The van der Waals surface area contributed by atoms with Crippen molar-refractivity contribution in [3.05, 3.63) is 65.2 Å². The molecule has 0 bridgehead atoms. The molecule has 2 aromatic carbocycles. The fourth-order valence-electron chi connectivity index (χ4n) is 3.01. The van der Waals surface area contributed by atoms with Crippen LogP contribution in [-0.2, 0) is 10.2 Å². The highest BCUT2D eigenvalue weighted by molar-refractivity contribution is 6.04. The van der Waals surface area contributed by atoms with Crippen molar-refractivity contribution >= 4 is 23.4 Å². The Labute approximate surface area is 177 Å². The van der Waals surface area contributed by atoms with Crippen LogP contribution in [0.4, 0.5) is 5.69 Å². The van der Waals surface area contributed by atoms with E-state index in [2.05, 4.69) is 36.7 Å². The highest BCUT2D eigenvalue weighted by Gasteiger charge is 2.25. The molecule has 2 aromatic rings. The minimum atomic E-state index is -0.259. The number of benzene rings is 2. The molecule has 6 heteroatoms. The maximum absolute atomic E-state index is 12.3. The first-order valence-electron chi connectivity index (χ1n) is 10.3. The van der Waals surface area contributed by atoms with Crippen molar-refractivity contribution in [2.75, 3.05) is 11.9 Å². The molecule has 158 valence electrons. The zero-order chi connectivity index (χ0) is 21.7. The van der Waals surface area contributed by atoms with Crippen LogP contribution in [0, 0.1) is 0 Å². The van der Waals surface area contributed by atoms with Gasteiger partial charge in [-0.3, -0.25) is 14.4 Å².